The van der Waals surface area contributed by atoms with Gasteiger partial charge in [-0.25, -0.2) is 26.9 Å². The highest BCUT2D eigenvalue weighted by atomic mass is 32.2. The molecule has 0 aliphatic rings. The Morgan fingerprint density at radius 3 is 2.44 bits per heavy atom. The Labute approximate surface area is 102 Å². The maximum Gasteiger partial charge on any atom is 0.241 e. The van der Waals surface area contributed by atoms with Gasteiger partial charge in [-0.2, -0.15) is 0 Å². The summed E-state index contributed by atoms with van der Waals surface area (Å²) in [4.78, 5) is 6.05. The number of imidazole rings is 1. The third-order valence-electron chi connectivity index (χ3n) is 2.13. The van der Waals surface area contributed by atoms with Gasteiger partial charge in [-0.1, -0.05) is 0 Å². The molecule has 0 aliphatic heterocycles. The SMILES string of the molecule is O=S(=O)(NCc1ncc[nH]1)c1cc(F)cc(F)c1. The van der Waals surface area contributed by atoms with Crippen LogP contribution < -0.4 is 4.72 Å². The summed E-state index contributed by atoms with van der Waals surface area (Å²) in [5.41, 5.74) is 0. The summed E-state index contributed by atoms with van der Waals surface area (Å²) in [6, 6.07) is 2.09. The van der Waals surface area contributed by atoms with Crippen molar-refractivity contribution >= 4 is 10.0 Å². The van der Waals surface area contributed by atoms with Crippen molar-refractivity contribution in [2.45, 2.75) is 11.4 Å². The lowest BCUT2D eigenvalue weighted by Crippen LogP contribution is -2.24. The molecule has 1 aromatic carbocycles. The van der Waals surface area contributed by atoms with Gasteiger partial charge in [0.05, 0.1) is 11.4 Å². The van der Waals surface area contributed by atoms with Crippen molar-refractivity contribution in [2.24, 2.45) is 0 Å². The number of halogens is 2. The fourth-order valence-corrected chi connectivity index (χ4v) is 2.35. The summed E-state index contributed by atoms with van der Waals surface area (Å²) in [6.07, 6.45) is 3.00. The molecule has 0 saturated heterocycles. The molecule has 1 heterocycles. The maximum absolute atomic E-state index is 12.9. The Hall–Kier alpha value is -1.80. The Morgan fingerprint density at radius 1 is 1.22 bits per heavy atom. The average Bonchev–Trinajstić information content (AvgIpc) is 2.78. The van der Waals surface area contributed by atoms with Crippen LogP contribution in [0.15, 0.2) is 35.5 Å². The predicted octanol–water partition coefficient (Wildman–Crippen LogP) is 1.17. The molecular formula is C10H9F2N3O2S. The molecule has 0 spiro atoms. The first kappa shape index (κ1) is 12.7. The summed E-state index contributed by atoms with van der Waals surface area (Å²) < 4.78 is 51.5. The van der Waals surface area contributed by atoms with Crippen molar-refractivity contribution < 1.29 is 17.2 Å². The van der Waals surface area contributed by atoms with Gasteiger partial charge in [-0.15, -0.1) is 0 Å². The van der Waals surface area contributed by atoms with E-state index in [1.165, 1.54) is 12.4 Å². The van der Waals surface area contributed by atoms with Crippen molar-refractivity contribution in [1.29, 1.82) is 0 Å². The largest absolute Gasteiger partial charge is 0.347 e. The van der Waals surface area contributed by atoms with Crippen LogP contribution in [-0.4, -0.2) is 18.4 Å². The molecule has 96 valence electrons. The average molecular weight is 273 g/mol. The zero-order valence-electron chi connectivity index (χ0n) is 9.02. The van der Waals surface area contributed by atoms with Gasteiger partial charge >= 0.3 is 0 Å². The van der Waals surface area contributed by atoms with Gasteiger partial charge in [0.25, 0.3) is 0 Å². The highest BCUT2D eigenvalue weighted by Crippen LogP contribution is 2.13. The van der Waals surface area contributed by atoms with E-state index in [0.717, 1.165) is 12.1 Å². The van der Waals surface area contributed by atoms with Crippen LogP contribution in [0.2, 0.25) is 0 Å². The number of nitrogens with zero attached hydrogens (tertiary/aromatic N) is 1. The van der Waals surface area contributed by atoms with E-state index in [1.807, 2.05) is 0 Å². The number of aromatic amines is 1. The van der Waals surface area contributed by atoms with E-state index in [1.54, 1.807) is 0 Å². The number of nitrogens with one attached hydrogen (secondary N) is 2. The second kappa shape index (κ2) is 4.83. The van der Waals surface area contributed by atoms with Crippen LogP contribution in [0.4, 0.5) is 8.78 Å². The van der Waals surface area contributed by atoms with Crippen molar-refractivity contribution in [3.63, 3.8) is 0 Å². The van der Waals surface area contributed by atoms with E-state index < -0.39 is 26.6 Å². The number of hydrogen-bond acceptors (Lipinski definition) is 3. The third kappa shape index (κ3) is 2.90. The van der Waals surface area contributed by atoms with Gasteiger partial charge in [-0.3, -0.25) is 0 Å². The molecule has 1 aromatic heterocycles. The number of aromatic nitrogens is 2. The molecule has 18 heavy (non-hydrogen) atoms. The van der Waals surface area contributed by atoms with Gasteiger partial charge in [-0.05, 0) is 12.1 Å². The lowest BCUT2D eigenvalue weighted by Gasteiger charge is -2.05. The number of benzene rings is 1. The molecule has 0 saturated carbocycles. The molecule has 2 aromatic rings. The minimum atomic E-state index is -3.97. The van der Waals surface area contributed by atoms with Crippen LogP contribution in [0.5, 0.6) is 0 Å². The van der Waals surface area contributed by atoms with Gasteiger partial charge in [0.1, 0.15) is 17.5 Å². The highest BCUT2D eigenvalue weighted by Gasteiger charge is 2.16. The first-order valence-corrected chi connectivity index (χ1v) is 6.40. The zero-order valence-corrected chi connectivity index (χ0v) is 9.84. The molecule has 0 amide bonds. The number of sulfonamides is 1. The minimum absolute atomic E-state index is 0.0898. The van der Waals surface area contributed by atoms with Gasteiger partial charge in [0.15, 0.2) is 0 Å². The monoisotopic (exact) mass is 273 g/mol. The molecule has 0 bridgehead atoms. The Kier molecular flexibility index (Phi) is 3.39. The quantitative estimate of drug-likeness (QED) is 0.878. The van der Waals surface area contributed by atoms with Crippen LogP contribution in [0.25, 0.3) is 0 Å². The Morgan fingerprint density at radius 2 is 1.89 bits per heavy atom. The molecule has 0 unspecified atom stereocenters. The fourth-order valence-electron chi connectivity index (χ4n) is 1.33. The minimum Gasteiger partial charge on any atom is -0.347 e. The molecule has 8 heteroatoms. The zero-order chi connectivity index (χ0) is 13.2. The Balaban J connectivity index is 2.20. The van der Waals surface area contributed by atoms with E-state index >= 15 is 0 Å². The molecule has 0 radical (unpaired) electrons. The topological polar surface area (TPSA) is 74.8 Å². The van der Waals surface area contributed by atoms with Crippen LogP contribution in [-0.2, 0) is 16.6 Å². The van der Waals surface area contributed by atoms with E-state index in [-0.39, 0.29) is 6.54 Å². The molecular weight excluding hydrogens is 264 g/mol. The molecule has 5 nitrogen and oxygen atoms in total. The van der Waals surface area contributed by atoms with Crippen LogP contribution in [0.3, 0.4) is 0 Å². The number of H-pyrrole nitrogens is 1. The normalized spacial score (nSPS) is 11.7. The predicted molar refractivity (Wildman–Crippen MR) is 59.0 cm³/mol. The summed E-state index contributed by atoms with van der Waals surface area (Å²) in [7, 11) is -3.97. The van der Waals surface area contributed by atoms with Crippen molar-refractivity contribution in [2.75, 3.05) is 0 Å². The van der Waals surface area contributed by atoms with Crippen molar-refractivity contribution in [3.05, 3.63) is 48.1 Å². The summed E-state index contributed by atoms with van der Waals surface area (Å²) in [5, 5.41) is 0. The van der Waals surface area contributed by atoms with E-state index in [2.05, 4.69) is 14.7 Å². The third-order valence-corrected chi connectivity index (χ3v) is 3.51. The molecule has 0 aliphatic carbocycles. The van der Waals surface area contributed by atoms with Crippen molar-refractivity contribution in [1.82, 2.24) is 14.7 Å². The van der Waals surface area contributed by atoms with Crippen LogP contribution in [0, 0.1) is 11.6 Å². The van der Waals surface area contributed by atoms with Gasteiger partial charge in [0.2, 0.25) is 10.0 Å². The number of hydrogen-bond donors (Lipinski definition) is 2. The summed E-state index contributed by atoms with van der Waals surface area (Å²) in [5.74, 6) is -1.50. The standard InChI is InChI=1S/C10H9F2N3O2S/c11-7-3-8(12)5-9(4-7)18(16,17)15-6-10-13-1-2-14-10/h1-5,15H,6H2,(H,13,14). The van der Waals surface area contributed by atoms with E-state index in [4.69, 9.17) is 0 Å². The fraction of sp³-hybridized carbons (Fsp3) is 0.100. The first-order valence-electron chi connectivity index (χ1n) is 4.91. The molecule has 2 N–H and O–H groups in total. The van der Waals surface area contributed by atoms with Crippen LogP contribution >= 0.6 is 0 Å². The second-order valence-corrected chi connectivity index (χ2v) is 5.23. The van der Waals surface area contributed by atoms with E-state index in [0.29, 0.717) is 11.9 Å². The number of rotatable bonds is 4. The molecule has 2 rings (SSSR count). The summed E-state index contributed by atoms with van der Waals surface area (Å²) in [6.45, 7) is -0.0898. The lowest BCUT2D eigenvalue weighted by molar-refractivity contribution is 0.560. The van der Waals surface area contributed by atoms with E-state index in [9.17, 15) is 17.2 Å². The first-order chi connectivity index (χ1) is 8.47. The molecule has 0 atom stereocenters. The van der Waals surface area contributed by atoms with Crippen molar-refractivity contribution in [3.8, 4) is 0 Å². The maximum atomic E-state index is 12.9. The lowest BCUT2D eigenvalue weighted by atomic mass is 10.3. The summed E-state index contributed by atoms with van der Waals surface area (Å²) >= 11 is 0. The highest BCUT2D eigenvalue weighted by molar-refractivity contribution is 7.89. The van der Waals surface area contributed by atoms with Crippen LogP contribution in [0.1, 0.15) is 5.82 Å². The van der Waals surface area contributed by atoms with Gasteiger partial charge in [0, 0.05) is 18.5 Å². The Bertz CT molecular complexity index is 621. The smallest absolute Gasteiger partial charge is 0.241 e. The van der Waals surface area contributed by atoms with Gasteiger partial charge < -0.3 is 4.98 Å². The molecule has 0 fully saturated rings. The second-order valence-electron chi connectivity index (χ2n) is 3.47.